The number of nitrogens with one attached hydrogen (secondary N) is 2. The third-order valence-corrected chi connectivity index (χ3v) is 11.7. The van der Waals surface area contributed by atoms with Gasteiger partial charge in [-0.15, -0.1) is 11.3 Å². The molecule has 1 saturated heterocycles. The zero-order chi connectivity index (χ0) is 43.1. The molecular weight excluding hydrogens is 775 g/mol. The number of esters is 1. The molecule has 3 aromatic rings. The Balaban J connectivity index is 1.50. The van der Waals surface area contributed by atoms with Gasteiger partial charge in [0.2, 0.25) is 11.8 Å². The number of thiazole rings is 1. The number of nitrogens with zero attached hydrogens (tertiary/aromatic N) is 3. The molecule has 59 heavy (non-hydrogen) atoms. The third-order valence-electron chi connectivity index (χ3n) is 10.7. The number of amides is 4. The van der Waals surface area contributed by atoms with Crippen LogP contribution in [0.1, 0.15) is 106 Å². The van der Waals surface area contributed by atoms with Crippen molar-refractivity contribution in [1.82, 2.24) is 25.4 Å². The van der Waals surface area contributed by atoms with E-state index < -0.39 is 60.7 Å². The van der Waals surface area contributed by atoms with Crippen LogP contribution in [0.15, 0.2) is 66.0 Å². The van der Waals surface area contributed by atoms with Crippen LogP contribution in [0.2, 0.25) is 0 Å². The first-order valence-electron chi connectivity index (χ1n) is 20.4. The molecule has 2 heterocycles. The van der Waals surface area contributed by atoms with E-state index in [1.807, 2.05) is 88.4 Å². The summed E-state index contributed by atoms with van der Waals surface area (Å²) in [5, 5.41) is 18.6. The number of hydrogen-bond donors (Lipinski definition) is 3. The van der Waals surface area contributed by atoms with Gasteiger partial charge in [0.15, 0.2) is 6.10 Å². The molecule has 15 heteroatoms. The first-order valence-corrected chi connectivity index (χ1v) is 21.3. The number of rotatable bonds is 21. The van der Waals surface area contributed by atoms with E-state index in [-0.39, 0.29) is 42.5 Å². The number of benzene rings is 2. The molecule has 320 valence electrons. The lowest BCUT2D eigenvalue weighted by Gasteiger charge is -2.38. The fourth-order valence-corrected chi connectivity index (χ4v) is 8.12. The Kier molecular flexibility index (Phi) is 18.0. The number of aldehydes is 1. The Hall–Kier alpha value is -5.15. The van der Waals surface area contributed by atoms with Crippen LogP contribution in [-0.4, -0.2) is 93.4 Å². The maximum Gasteiger partial charge on any atom is 0.410 e. The van der Waals surface area contributed by atoms with Crippen LogP contribution in [0.3, 0.4) is 0 Å². The van der Waals surface area contributed by atoms with Gasteiger partial charge in [0.1, 0.15) is 42.4 Å². The van der Waals surface area contributed by atoms with Crippen molar-refractivity contribution < 1.29 is 43.3 Å². The van der Waals surface area contributed by atoms with E-state index in [1.54, 1.807) is 12.3 Å². The summed E-state index contributed by atoms with van der Waals surface area (Å²) >= 11 is 1.13. The topological polar surface area (TPSA) is 185 Å². The van der Waals surface area contributed by atoms with Crippen LogP contribution in [0.5, 0.6) is 0 Å². The number of aliphatic hydroxyl groups excluding tert-OH is 1. The summed E-state index contributed by atoms with van der Waals surface area (Å²) in [6.45, 7) is 10.2. The normalized spacial score (nSPS) is 16.9. The molecule has 3 N–H and O–H groups in total. The molecule has 0 saturated carbocycles. The van der Waals surface area contributed by atoms with Crippen molar-refractivity contribution in [1.29, 1.82) is 0 Å². The second kappa shape index (κ2) is 22.9. The van der Waals surface area contributed by atoms with Crippen molar-refractivity contribution in [2.45, 2.75) is 117 Å². The third kappa shape index (κ3) is 13.4. The van der Waals surface area contributed by atoms with Crippen LogP contribution >= 0.6 is 11.3 Å². The lowest BCUT2D eigenvalue weighted by Crippen LogP contribution is -2.58. The molecule has 4 rings (SSSR count). The number of carbonyl (C=O) groups is 6. The van der Waals surface area contributed by atoms with Gasteiger partial charge in [-0.2, -0.15) is 0 Å². The molecule has 1 fully saturated rings. The second-order valence-corrected chi connectivity index (χ2v) is 16.5. The van der Waals surface area contributed by atoms with Gasteiger partial charge >= 0.3 is 12.1 Å². The predicted octanol–water partition coefficient (Wildman–Crippen LogP) is 5.84. The van der Waals surface area contributed by atoms with Crippen molar-refractivity contribution in [3.63, 3.8) is 0 Å². The largest absolute Gasteiger partial charge is 0.455 e. The van der Waals surface area contributed by atoms with Gasteiger partial charge in [0, 0.05) is 43.3 Å². The van der Waals surface area contributed by atoms with Gasteiger partial charge < -0.3 is 34.9 Å². The molecule has 1 aliphatic heterocycles. The summed E-state index contributed by atoms with van der Waals surface area (Å²) in [7, 11) is 0. The van der Waals surface area contributed by atoms with Crippen molar-refractivity contribution in [3.8, 4) is 0 Å². The molecule has 1 aromatic heterocycles. The molecule has 0 spiro atoms. The summed E-state index contributed by atoms with van der Waals surface area (Å²) in [5.41, 5.74) is 1.93. The fourth-order valence-electron chi connectivity index (χ4n) is 7.28. The zero-order valence-electron chi connectivity index (χ0n) is 34.9. The lowest BCUT2D eigenvalue weighted by molar-refractivity contribution is -0.151. The predicted molar refractivity (Wildman–Crippen MR) is 223 cm³/mol. The second-order valence-electron chi connectivity index (χ2n) is 15.6. The van der Waals surface area contributed by atoms with Crippen molar-refractivity contribution >= 4 is 47.4 Å². The maximum atomic E-state index is 14.5. The van der Waals surface area contributed by atoms with E-state index in [0.29, 0.717) is 43.7 Å². The standard InChI is InChI=1S/C44H59N5O9S/c1-7-30(5)39(47-41(54)36-19-14-20-48(36)44(56)57-25-33-17-12-9-13-18-33)43(55)49(27-51)37(28(2)3)23-38(58-31(6)52)42-46-35(26-59-42)40(53)45-34(21-29(4)24-50)22-32-15-10-8-11-16-32/h8-13,15-18,24,26,28-30,34,36-39,51H,7,14,19-23,25,27H2,1-6H3,(H,45,53)(H,47,54). The van der Waals surface area contributed by atoms with Gasteiger partial charge in [-0.25, -0.2) is 9.78 Å². The first-order chi connectivity index (χ1) is 28.3. The first kappa shape index (κ1) is 46.5. The Bertz CT molecular complexity index is 1840. The summed E-state index contributed by atoms with van der Waals surface area (Å²) in [6.07, 6.45) is 1.75. The zero-order valence-corrected chi connectivity index (χ0v) is 35.7. The number of hydrogen-bond acceptors (Lipinski definition) is 11. The van der Waals surface area contributed by atoms with Gasteiger partial charge in [-0.3, -0.25) is 24.1 Å². The minimum absolute atomic E-state index is 0.0381. The number of likely N-dealkylation sites (tertiary alicyclic amines) is 1. The van der Waals surface area contributed by atoms with Crippen LogP contribution in [0, 0.1) is 17.8 Å². The molecule has 0 radical (unpaired) electrons. The van der Waals surface area contributed by atoms with Crippen LogP contribution in [0.25, 0.3) is 0 Å². The number of ether oxygens (including phenoxy) is 2. The molecule has 4 amide bonds. The SMILES string of the molecule is CCC(C)C(NC(=O)C1CCCN1C(=O)OCc1ccccc1)C(=O)N(CO)C(CC(OC(C)=O)c1nc(C(=O)NC(Cc2ccccc2)CC(C)C=O)cs1)C(C)C. The van der Waals surface area contributed by atoms with Gasteiger partial charge in [-0.05, 0) is 48.6 Å². The van der Waals surface area contributed by atoms with E-state index in [2.05, 4.69) is 15.6 Å². The van der Waals surface area contributed by atoms with E-state index in [9.17, 15) is 33.9 Å². The Morgan fingerprint density at radius 2 is 1.64 bits per heavy atom. The van der Waals surface area contributed by atoms with Crippen LogP contribution in [0.4, 0.5) is 4.79 Å². The monoisotopic (exact) mass is 833 g/mol. The fraction of sp³-hybridized carbons (Fsp3) is 0.523. The van der Waals surface area contributed by atoms with Crippen LogP contribution in [-0.2, 0) is 41.7 Å². The van der Waals surface area contributed by atoms with Crippen molar-refractivity contribution in [2.24, 2.45) is 17.8 Å². The quantitative estimate of drug-likeness (QED) is 0.0670. The summed E-state index contributed by atoms with van der Waals surface area (Å²) in [4.78, 5) is 86.1. The van der Waals surface area contributed by atoms with E-state index in [0.717, 1.165) is 28.7 Å². The summed E-state index contributed by atoms with van der Waals surface area (Å²) in [5.74, 6) is -2.96. The maximum absolute atomic E-state index is 14.5. The van der Waals surface area contributed by atoms with E-state index in [4.69, 9.17) is 9.47 Å². The highest BCUT2D eigenvalue weighted by Gasteiger charge is 2.41. The smallest absolute Gasteiger partial charge is 0.410 e. The minimum Gasteiger partial charge on any atom is -0.455 e. The minimum atomic E-state index is -1.04. The van der Waals surface area contributed by atoms with Gasteiger partial charge in [-0.1, -0.05) is 102 Å². The number of aromatic nitrogens is 1. The molecule has 2 aromatic carbocycles. The average molecular weight is 834 g/mol. The highest BCUT2D eigenvalue weighted by Crippen LogP contribution is 2.32. The lowest BCUT2D eigenvalue weighted by atomic mass is 9.92. The summed E-state index contributed by atoms with van der Waals surface area (Å²) < 4.78 is 11.3. The van der Waals surface area contributed by atoms with E-state index >= 15 is 0 Å². The van der Waals surface area contributed by atoms with Gasteiger partial charge in [0.25, 0.3) is 5.91 Å². The van der Waals surface area contributed by atoms with Gasteiger partial charge in [0.05, 0.1) is 0 Å². The summed E-state index contributed by atoms with van der Waals surface area (Å²) in [6, 6.07) is 15.9. The van der Waals surface area contributed by atoms with Crippen molar-refractivity contribution in [2.75, 3.05) is 13.3 Å². The molecule has 0 aliphatic carbocycles. The Morgan fingerprint density at radius 3 is 2.24 bits per heavy atom. The van der Waals surface area contributed by atoms with E-state index in [1.165, 1.54) is 16.7 Å². The average Bonchev–Trinajstić information content (AvgIpc) is 3.93. The van der Waals surface area contributed by atoms with Crippen molar-refractivity contribution in [3.05, 3.63) is 87.9 Å². The highest BCUT2D eigenvalue weighted by atomic mass is 32.1. The molecule has 0 bridgehead atoms. The molecule has 7 atom stereocenters. The Morgan fingerprint density at radius 1 is 0.983 bits per heavy atom. The van der Waals surface area contributed by atoms with Crippen LogP contribution < -0.4 is 10.6 Å². The Labute approximate surface area is 351 Å². The molecule has 7 unspecified atom stereocenters. The number of aliphatic hydroxyl groups is 1. The number of carbonyl (C=O) groups excluding carboxylic acids is 6. The molecular formula is C44H59N5O9S. The molecule has 1 aliphatic rings. The highest BCUT2D eigenvalue weighted by molar-refractivity contribution is 7.09. The molecule has 14 nitrogen and oxygen atoms in total.